The summed E-state index contributed by atoms with van der Waals surface area (Å²) in [7, 11) is 1.47. The molecular weight excluding hydrogens is 1200 g/mol. The van der Waals surface area contributed by atoms with Crippen molar-refractivity contribution >= 4 is 80.9 Å². The Bertz CT molecular complexity index is 3710. The quantitative estimate of drug-likeness (QED) is 0.0145. The van der Waals surface area contributed by atoms with Crippen LogP contribution in [0.1, 0.15) is 80.5 Å². The Kier molecular flexibility index (Phi) is 24.2. The number of aliphatic hydroxyl groups excluding tert-OH is 1. The number of aryl methyl sites for hydroxylation is 1. The number of carbonyl (C=O) groups excluding carboxylic acids is 9. The number of likely N-dealkylation sites (N-methyl/N-ethyl adjacent to an activating group) is 1. The van der Waals surface area contributed by atoms with Crippen molar-refractivity contribution in [3.8, 4) is 5.75 Å². The van der Waals surface area contributed by atoms with E-state index in [0.717, 1.165) is 16.4 Å². The van der Waals surface area contributed by atoms with Crippen LogP contribution < -0.4 is 54.0 Å². The van der Waals surface area contributed by atoms with Crippen LogP contribution in [0.15, 0.2) is 115 Å². The van der Waals surface area contributed by atoms with Gasteiger partial charge in [0.25, 0.3) is 0 Å². The van der Waals surface area contributed by atoms with Crippen molar-refractivity contribution in [3.05, 3.63) is 138 Å². The molecule has 1 saturated heterocycles. The van der Waals surface area contributed by atoms with Crippen LogP contribution in [0, 0.1) is 5.92 Å². The number of nitrogens with zero attached hydrogens (tertiary/aromatic N) is 4. The first-order valence-corrected chi connectivity index (χ1v) is 30.9. The lowest BCUT2D eigenvalue weighted by Gasteiger charge is -2.30. The summed E-state index contributed by atoms with van der Waals surface area (Å²) in [5.41, 5.74) is 15.4. The molecule has 7 aromatic rings. The number of aliphatic imine (C=N–C) groups is 1. The summed E-state index contributed by atoms with van der Waals surface area (Å²) in [5.74, 6) is -6.99. The number of nitrogens with two attached hydrogens (primary N) is 2. The predicted molar refractivity (Wildman–Crippen MR) is 344 cm³/mol. The first kappa shape index (κ1) is 68.3. The van der Waals surface area contributed by atoms with E-state index in [-0.39, 0.29) is 88.0 Å². The lowest BCUT2D eigenvalue weighted by atomic mass is 9.99. The fourth-order valence-electron chi connectivity index (χ4n) is 11.3. The van der Waals surface area contributed by atoms with E-state index in [4.69, 9.17) is 11.5 Å². The number of hydrogen-bond acceptors (Lipinski definition) is 14. The second-order valence-electron chi connectivity index (χ2n) is 23.4. The number of hydrogen-bond donors (Lipinski definition) is 16. The van der Waals surface area contributed by atoms with Crippen LogP contribution in [0.25, 0.3) is 21.8 Å². The van der Waals surface area contributed by atoms with E-state index >= 15 is 9.59 Å². The van der Waals surface area contributed by atoms with Crippen molar-refractivity contribution in [1.29, 1.82) is 0 Å². The summed E-state index contributed by atoms with van der Waals surface area (Å²) in [4.78, 5) is 155. The predicted octanol–water partition coefficient (Wildman–Crippen LogP) is -0.0730. The van der Waals surface area contributed by atoms with Gasteiger partial charge in [-0.05, 0) is 85.4 Å². The van der Waals surface area contributed by atoms with Crippen molar-refractivity contribution in [1.82, 2.24) is 77.3 Å². The zero-order valence-corrected chi connectivity index (χ0v) is 52.0. The van der Waals surface area contributed by atoms with Crippen molar-refractivity contribution in [2.75, 3.05) is 26.7 Å². The van der Waals surface area contributed by atoms with Crippen molar-refractivity contribution < 1.29 is 53.4 Å². The summed E-state index contributed by atoms with van der Waals surface area (Å²) in [5, 5.41) is 44.5. The number of amides is 9. The zero-order valence-electron chi connectivity index (χ0n) is 52.0. The second-order valence-corrected chi connectivity index (χ2v) is 23.4. The smallest absolute Gasteiger partial charge is 0.245 e. The highest BCUT2D eigenvalue weighted by Crippen LogP contribution is 2.24. The summed E-state index contributed by atoms with van der Waals surface area (Å²) in [6, 6.07) is 9.61. The Morgan fingerprint density at radius 2 is 1.13 bits per heavy atom. The van der Waals surface area contributed by atoms with E-state index in [9.17, 15) is 43.8 Å². The number of likely N-dealkylation sites (tertiary alicyclic amines) is 1. The molecular formula is C64H82N18O11. The summed E-state index contributed by atoms with van der Waals surface area (Å²) in [6.07, 6.45) is 10.3. The molecule has 0 unspecified atom stereocenters. The molecule has 0 saturated carbocycles. The van der Waals surface area contributed by atoms with Gasteiger partial charge in [0.05, 0.1) is 19.3 Å². The minimum absolute atomic E-state index is 0.0122. The number of imidazole rings is 2. The van der Waals surface area contributed by atoms with Gasteiger partial charge < -0.3 is 89.1 Å². The molecule has 29 heteroatoms. The number of para-hydroxylation sites is 2. The minimum Gasteiger partial charge on any atom is -0.508 e. The van der Waals surface area contributed by atoms with Crippen molar-refractivity contribution in [2.45, 2.75) is 133 Å². The number of guanidine groups is 1. The van der Waals surface area contributed by atoms with E-state index < -0.39 is 102 Å². The molecule has 29 nitrogen and oxygen atoms in total. The maximum Gasteiger partial charge on any atom is 0.245 e. The van der Waals surface area contributed by atoms with Gasteiger partial charge in [0.1, 0.15) is 54.1 Å². The zero-order chi connectivity index (χ0) is 66.6. The number of carbonyl (C=O) groups is 9. The summed E-state index contributed by atoms with van der Waals surface area (Å²) in [6.45, 7) is 3.06. The van der Waals surface area contributed by atoms with Gasteiger partial charge in [0.2, 0.25) is 53.2 Å². The van der Waals surface area contributed by atoms with Gasteiger partial charge in [0.15, 0.2) is 5.96 Å². The van der Waals surface area contributed by atoms with E-state index in [2.05, 4.69) is 77.4 Å². The van der Waals surface area contributed by atoms with Crippen LogP contribution >= 0.6 is 0 Å². The fourth-order valence-corrected chi connectivity index (χ4v) is 11.3. The molecule has 1 fully saturated rings. The molecule has 1 aliphatic rings. The molecule has 1 aliphatic heterocycles. The standard InChI is InChI=1S/C64H82N18O11/c1-36(2)24-48(56(86)76-47(14-8-22-70-64(65)66)63(93)82-23-9-15-54(82)62(92)67-3)77-58(88)50(26-38-29-71-45-12-6-4-10-43(38)45)79-57(87)49(25-37-16-19-42(84)20-17-37)78-61(91)53(33-83)81-59(89)51(27-39-30-72-46-13-7-5-11-44(39)46)80-60(90)52(28-41-32-69-35-74-41)75-55(85)21-18-40-31-68-34-73-40/h4-7,10-13,16-17,19-20,29-32,34-36,47-54,71-72,83-84H,8-9,14-15,18,21-28,33H2,1-3H3,(H,67,92)(H,68,73)(H,69,74)(H,75,85)(H,76,86)(H,77,88)(H,78,91)(H,79,87)(H,80,90)(H,81,89)(H4,65,66,70)/t47-,48-,49-,50+,51-,52-,53-,54-/m0/s1. The average molecular weight is 1280 g/mol. The number of rotatable bonds is 33. The highest BCUT2D eigenvalue weighted by Gasteiger charge is 2.39. The van der Waals surface area contributed by atoms with E-state index in [1.54, 1.807) is 30.7 Å². The Morgan fingerprint density at radius 3 is 1.67 bits per heavy atom. The third-order valence-electron chi connectivity index (χ3n) is 16.1. The molecule has 0 bridgehead atoms. The number of aromatic nitrogens is 6. The number of benzene rings is 3. The SMILES string of the molecule is CNC(=O)[C@@H]1CCCN1C(=O)[C@H](CCCN=C(N)N)NC(=O)[C@H](CC(C)C)NC(=O)[C@@H](Cc1c[nH]c2ccccc12)NC(=O)[C@H](Cc1ccc(O)cc1)NC(=O)[C@H](CO)NC(=O)[C@H](Cc1c[nH]c2ccccc12)NC(=O)[C@H](Cc1cnc[nH]1)NC(=O)CCc1cnc[nH]1. The average Bonchev–Trinajstić information content (AvgIpc) is 1.97. The maximum absolute atomic E-state index is 15.1. The van der Waals surface area contributed by atoms with Gasteiger partial charge in [-0.25, -0.2) is 9.97 Å². The van der Waals surface area contributed by atoms with Crippen LogP contribution in [-0.4, -0.2) is 179 Å². The minimum atomic E-state index is -1.76. The molecule has 0 spiro atoms. The lowest BCUT2D eigenvalue weighted by molar-refractivity contribution is -0.142. The number of H-pyrrole nitrogens is 4. The Labute approximate surface area is 535 Å². The monoisotopic (exact) mass is 1280 g/mol. The van der Waals surface area contributed by atoms with Gasteiger partial charge >= 0.3 is 0 Å². The van der Waals surface area contributed by atoms with Crippen LogP contribution in [0.2, 0.25) is 0 Å². The Hall–Kier alpha value is -10.6. The van der Waals surface area contributed by atoms with E-state index in [1.807, 2.05) is 50.2 Å². The number of nitrogens with one attached hydrogen (secondary N) is 12. The van der Waals surface area contributed by atoms with E-state index in [0.29, 0.717) is 52.7 Å². The highest BCUT2D eigenvalue weighted by atomic mass is 16.3. The number of phenols is 1. The topological polar surface area (TPSA) is 447 Å². The first-order valence-electron chi connectivity index (χ1n) is 30.9. The molecule has 5 heterocycles. The third kappa shape index (κ3) is 19.2. The number of aliphatic hydroxyl groups is 1. The molecule has 3 aromatic carbocycles. The number of aromatic amines is 4. The number of aromatic hydroxyl groups is 1. The third-order valence-corrected chi connectivity index (χ3v) is 16.1. The van der Waals surface area contributed by atoms with Gasteiger partial charge in [0, 0.05) is 110 Å². The molecule has 8 atom stereocenters. The molecule has 494 valence electrons. The highest BCUT2D eigenvalue weighted by molar-refractivity contribution is 5.99. The summed E-state index contributed by atoms with van der Waals surface area (Å²) >= 11 is 0. The normalized spacial score (nSPS) is 15.2. The van der Waals surface area contributed by atoms with Crippen molar-refractivity contribution in [2.24, 2.45) is 22.4 Å². The van der Waals surface area contributed by atoms with Gasteiger partial charge in [-0.3, -0.25) is 48.1 Å². The van der Waals surface area contributed by atoms with Crippen molar-refractivity contribution in [3.63, 3.8) is 0 Å². The fraction of sp³-hybridized carbons (Fsp3) is 0.406. The number of phenolic OH excluding ortho intramolecular Hbond substituents is 1. The molecule has 0 radical (unpaired) electrons. The van der Waals surface area contributed by atoms with Gasteiger partial charge in [-0.15, -0.1) is 0 Å². The van der Waals surface area contributed by atoms with E-state index in [1.165, 1.54) is 55.1 Å². The molecule has 18 N–H and O–H groups in total. The second kappa shape index (κ2) is 32.9. The van der Waals surface area contributed by atoms with Gasteiger partial charge in [-0.1, -0.05) is 62.4 Å². The largest absolute Gasteiger partial charge is 0.508 e. The molecule has 4 aromatic heterocycles. The number of fused-ring (bicyclic) bond motifs is 2. The summed E-state index contributed by atoms with van der Waals surface area (Å²) < 4.78 is 0. The Balaban J connectivity index is 1.05. The molecule has 8 rings (SSSR count). The van der Waals surface area contributed by atoms with Crippen LogP contribution in [0.5, 0.6) is 5.75 Å². The van der Waals surface area contributed by atoms with Crippen LogP contribution in [0.3, 0.4) is 0 Å². The molecule has 93 heavy (non-hydrogen) atoms. The Morgan fingerprint density at radius 1 is 0.624 bits per heavy atom. The van der Waals surface area contributed by atoms with Crippen LogP contribution in [0.4, 0.5) is 0 Å². The molecule has 0 aliphatic carbocycles. The lowest BCUT2D eigenvalue weighted by Crippen LogP contribution is -2.61. The first-order chi connectivity index (χ1) is 44.8. The van der Waals surface area contributed by atoms with Crippen LogP contribution in [-0.2, 0) is 75.3 Å². The van der Waals surface area contributed by atoms with Gasteiger partial charge in [-0.2, -0.15) is 0 Å². The maximum atomic E-state index is 15.1. The molecule has 9 amide bonds.